The van der Waals surface area contributed by atoms with Crippen LogP contribution in [0.2, 0.25) is 0 Å². The van der Waals surface area contributed by atoms with E-state index in [1.165, 1.54) is 51.0 Å². The molecule has 198 valence electrons. The molecule has 4 rings (SSSR count). The summed E-state index contributed by atoms with van der Waals surface area (Å²) in [6, 6.07) is 13.3. The van der Waals surface area contributed by atoms with Gasteiger partial charge >= 0.3 is 0 Å². The molecule has 3 heterocycles. The zero-order chi connectivity index (χ0) is 27.7. The van der Waals surface area contributed by atoms with E-state index in [4.69, 9.17) is 19.2 Å². The Kier molecular flexibility index (Phi) is 7.12. The molecule has 0 unspecified atom stereocenters. The lowest BCUT2D eigenvalue weighted by Gasteiger charge is -2.29. The Hall–Kier alpha value is -4.41. The number of furan rings is 1. The maximum atomic E-state index is 13.6. The first-order chi connectivity index (χ1) is 18.0. The molecular formula is C25H26N6O6S. The Morgan fingerprint density at radius 2 is 1.82 bits per heavy atom. The van der Waals surface area contributed by atoms with E-state index in [1.807, 2.05) is 6.07 Å². The third-order valence-electron chi connectivity index (χ3n) is 6.15. The van der Waals surface area contributed by atoms with E-state index in [0.717, 1.165) is 0 Å². The van der Waals surface area contributed by atoms with Gasteiger partial charge in [-0.25, -0.2) is 8.42 Å². The lowest BCUT2D eigenvalue weighted by atomic mass is 9.97. The lowest BCUT2D eigenvalue weighted by molar-refractivity contribution is 0.0521. The first kappa shape index (κ1) is 26.6. The molecular weight excluding hydrogens is 512 g/mol. The van der Waals surface area contributed by atoms with E-state index in [9.17, 15) is 13.5 Å². The predicted molar refractivity (Wildman–Crippen MR) is 137 cm³/mol. The zero-order valence-electron chi connectivity index (χ0n) is 21.3. The van der Waals surface area contributed by atoms with Crippen LogP contribution in [0.1, 0.15) is 30.9 Å². The number of aryl methyl sites for hydroxylation is 1. The average Bonchev–Trinajstić information content (AvgIpc) is 3.52. The normalized spacial score (nSPS) is 13.8. The molecule has 0 amide bonds. The molecule has 0 saturated heterocycles. The van der Waals surface area contributed by atoms with Crippen LogP contribution in [0, 0.1) is 18.3 Å². The molecule has 12 nitrogen and oxygen atoms in total. The summed E-state index contributed by atoms with van der Waals surface area (Å²) < 4.78 is 47.8. The Morgan fingerprint density at radius 1 is 1.13 bits per heavy atom. The molecule has 0 saturated carbocycles. The number of nitrogens with one attached hydrogen (secondary N) is 1. The van der Waals surface area contributed by atoms with Crippen LogP contribution < -0.4 is 14.2 Å². The van der Waals surface area contributed by atoms with Gasteiger partial charge in [0.2, 0.25) is 21.8 Å². The standard InChI is InChI=1S/C25H26N6O6S/c1-15-9-11-20(37-15)23-28-29-24(31(23)22-18(35-4)7-6-8-19(22)36-5)30-38(33,34)16(2)25(3,32)21-12-10-17(13-26)14-27-21/h6-12,14,16,32H,1-5H3,(H,29,30)/t16-,25-/m1/s1. The molecule has 0 radical (unpaired) electrons. The molecule has 38 heavy (non-hydrogen) atoms. The van der Waals surface area contributed by atoms with Crippen molar-refractivity contribution in [1.82, 2.24) is 19.7 Å². The van der Waals surface area contributed by atoms with Crippen LogP contribution in [-0.4, -0.2) is 52.7 Å². The van der Waals surface area contributed by atoms with Crippen LogP contribution in [0.3, 0.4) is 0 Å². The number of benzene rings is 1. The van der Waals surface area contributed by atoms with Gasteiger partial charge in [-0.15, -0.1) is 10.2 Å². The Balaban J connectivity index is 1.83. The second-order valence-electron chi connectivity index (χ2n) is 8.58. The fourth-order valence-electron chi connectivity index (χ4n) is 3.81. The number of sulfonamides is 1. The molecule has 4 aromatic rings. The van der Waals surface area contributed by atoms with Gasteiger partial charge < -0.3 is 19.0 Å². The Bertz CT molecular complexity index is 1580. The molecule has 0 fully saturated rings. The van der Waals surface area contributed by atoms with Gasteiger partial charge in [0.15, 0.2) is 5.76 Å². The molecule has 0 spiro atoms. The molecule has 3 aromatic heterocycles. The smallest absolute Gasteiger partial charge is 0.243 e. The average molecular weight is 539 g/mol. The number of hydrogen-bond acceptors (Lipinski definition) is 10. The molecule has 1 aromatic carbocycles. The summed E-state index contributed by atoms with van der Waals surface area (Å²) in [4.78, 5) is 4.08. The Morgan fingerprint density at radius 3 is 2.34 bits per heavy atom. The van der Waals surface area contributed by atoms with Crippen molar-refractivity contribution in [1.29, 1.82) is 5.26 Å². The number of aliphatic hydroxyl groups is 1. The van der Waals surface area contributed by atoms with Crippen molar-refractivity contribution in [2.75, 3.05) is 18.9 Å². The number of ether oxygens (including phenoxy) is 2. The van der Waals surface area contributed by atoms with Crippen LogP contribution in [-0.2, 0) is 15.6 Å². The van der Waals surface area contributed by atoms with Crippen molar-refractivity contribution >= 4 is 16.0 Å². The number of anilines is 1. The van der Waals surface area contributed by atoms with Gasteiger partial charge in [0.05, 0.1) is 25.5 Å². The fourth-order valence-corrected chi connectivity index (χ4v) is 5.10. The summed E-state index contributed by atoms with van der Waals surface area (Å²) in [7, 11) is -1.38. The molecule has 0 aliphatic carbocycles. The third-order valence-corrected chi connectivity index (χ3v) is 8.01. The summed E-state index contributed by atoms with van der Waals surface area (Å²) in [6.45, 7) is 4.43. The number of nitriles is 1. The molecule has 0 bridgehead atoms. The number of nitrogens with zero attached hydrogens (tertiary/aromatic N) is 5. The van der Waals surface area contributed by atoms with Crippen LogP contribution >= 0.6 is 0 Å². The summed E-state index contributed by atoms with van der Waals surface area (Å²) in [5.41, 5.74) is -1.24. The van der Waals surface area contributed by atoms with Gasteiger partial charge in [0, 0.05) is 6.20 Å². The van der Waals surface area contributed by atoms with Crippen LogP contribution in [0.5, 0.6) is 11.5 Å². The van der Waals surface area contributed by atoms with Crippen LogP contribution in [0.25, 0.3) is 17.3 Å². The topological polar surface area (TPSA) is 165 Å². The maximum absolute atomic E-state index is 13.6. The number of para-hydroxylation sites is 1. The van der Waals surface area contributed by atoms with Crippen molar-refractivity contribution in [3.63, 3.8) is 0 Å². The van der Waals surface area contributed by atoms with Gasteiger partial charge in [-0.05, 0) is 57.2 Å². The van der Waals surface area contributed by atoms with Gasteiger partial charge in [-0.1, -0.05) is 6.07 Å². The van der Waals surface area contributed by atoms with Gasteiger partial charge in [-0.3, -0.25) is 14.3 Å². The monoisotopic (exact) mass is 538 g/mol. The second kappa shape index (κ2) is 10.2. The largest absolute Gasteiger partial charge is 0.494 e. The molecule has 0 aliphatic heterocycles. The molecule has 2 atom stereocenters. The van der Waals surface area contributed by atoms with Crippen molar-refractivity contribution in [3.05, 3.63) is 65.7 Å². The van der Waals surface area contributed by atoms with Crippen molar-refractivity contribution in [2.24, 2.45) is 0 Å². The molecule has 13 heteroatoms. The predicted octanol–water partition coefficient (Wildman–Crippen LogP) is 3.16. The minimum atomic E-state index is -4.31. The van der Waals surface area contributed by atoms with E-state index in [0.29, 0.717) is 28.7 Å². The lowest BCUT2D eigenvalue weighted by Crippen LogP contribution is -2.43. The highest BCUT2D eigenvalue weighted by atomic mass is 32.2. The Labute approximate surface area is 219 Å². The first-order valence-corrected chi connectivity index (χ1v) is 12.9. The van der Waals surface area contributed by atoms with E-state index in [1.54, 1.807) is 37.3 Å². The molecule has 2 N–H and O–H groups in total. The highest BCUT2D eigenvalue weighted by Crippen LogP contribution is 2.38. The fraction of sp³-hybridized carbons (Fsp3) is 0.280. The van der Waals surface area contributed by atoms with Gasteiger partial charge in [0.25, 0.3) is 0 Å². The number of rotatable bonds is 9. The van der Waals surface area contributed by atoms with Crippen LogP contribution in [0.4, 0.5) is 5.95 Å². The van der Waals surface area contributed by atoms with Crippen molar-refractivity contribution < 1.29 is 27.4 Å². The summed E-state index contributed by atoms with van der Waals surface area (Å²) in [6.07, 6.45) is 1.26. The second-order valence-corrected chi connectivity index (χ2v) is 10.6. The quantitative estimate of drug-likeness (QED) is 0.323. The number of pyridine rings is 1. The van der Waals surface area contributed by atoms with Gasteiger partial charge in [-0.2, -0.15) is 5.26 Å². The minimum Gasteiger partial charge on any atom is -0.494 e. The van der Waals surface area contributed by atoms with E-state index >= 15 is 0 Å². The first-order valence-electron chi connectivity index (χ1n) is 11.4. The van der Waals surface area contributed by atoms with Crippen LogP contribution in [0.15, 0.2) is 53.1 Å². The minimum absolute atomic E-state index is 0.0778. The number of methoxy groups -OCH3 is 2. The summed E-state index contributed by atoms with van der Waals surface area (Å²) >= 11 is 0. The van der Waals surface area contributed by atoms with Crippen molar-refractivity contribution in [2.45, 2.75) is 31.6 Å². The number of aromatic nitrogens is 4. The van der Waals surface area contributed by atoms with E-state index < -0.39 is 20.9 Å². The highest BCUT2D eigenvalue weighted by Gasteiger charge is 2.41. The third kappa shape index (κ3) is 4.79. The SMILES string of the molecule is COc1cccc(OC)c1-n1c(NS(=O)(=O)[C@H](C)[C@@](C)(O)c2ccc(C#N)cn2)nnc1-c1ccc(C)o1. The van der Waals surface area contributed by atoms with E-state index in [-0.39, 0.29) is 23.0 Å². The maximum Gasteiger partial charge on any atom is 0.243 e. The zero-order valence-corrected chi connectivity index (χ0v) is 22.1. The molecule has 0 aliphatic rings. The summed E-state index contributed by atoms with van der Waals surface area (Å²) in [5, 5.41) is 27.1. The number of hydrogen-bond donors (Lipinski definition) is 2. The van der Waals surface area contributed by atoms with Crippen molar-refractivity contribution in [3.8, 4) is 34.8 Å². The van der Waals surface area contributed by atoms with E-state index in [2.05, 4.69) is 19.9 Å². The van der Waals surface area contributed by atoms with Gasteiger partial charge in [0.1, 0.15) is 39.9 Å². The summed E-state index contributed by atoms with van der Waals surface area (Å²) in [5.74, 6) is 1.66. The highest BCUT2D eigenvalue weighted by molar-refractivity contribution is 7.93.